The standard InChI is InChI=1S/C12H23NO3/c1-9(15-5)10-7-6-8-13(10)11(14)16-12(2,3)4/h9-10H,6-8H2,1-5H3. The van der Waals surface area contributed by atoms with Crippen molar-refractivity contribution in [3.05, 3.63) is 0 Å². The van der Waals surface area contributed by atoms with E-state index in [1.54, 1.807) is 12.0 Å². The molecule has 0 aromatic heterocycles. The van der Waals surface area contributed by atoms with Gasteiger partial charge in [0.25, 0.3) is 0 Å². The van der Waals surface area contributed by atoms with Gasteiger partial charge in [-0.1, -0.05) is 0 Å². The molecule has 2 atom stereocenters. The van der Waals surface area contributed by atoms with Crippen molar-refractivity contribution in [3.63, 3.8) is 0 Å². The van der Waals surface area contributed by atoms with Gasteiger partial charge in [-0.05, 0) is 40.5 Å². The predicted molar refractivity (Wildman–Crippen MR) is 62.4 cm³/mol. The summed E-state index contributed by atoms with van der Waals surface area (Å²) in [5, 5.41) is 0. The van der Waals surface area contributed by atoms with E-state index in [4.69, 9.17) is 9.47 Å². The molecule has 1 fully saturated rings. The molecule has 94 valence electrons. The highest BCUT2D eigenvalue weighted by molar-refractivity contribution is 5.69. The molecule has 1 aliphatic rings. The lowest BCUT2D eigenvalue weighted by Gasteiger charge is -2.31. The molecule has 0 N–H and O–H groups in total. The molecule has 4 heteroatoms. The van der Waals surface area contributed by atoms with Crippen molar-refractivity contribution in [2.45, 2.75) is 58.3 Å². The molecule has 0 spiro atoms. The van der Waals surface area contributed by atoms with Crippen LogP contribution in [0.2, 0.25) is 0 Å². The van der Waals surface area contributed by atoms with E-state index in [2.05, 4.69) is 0 Å². The maximum Gasteiger partial charge on any atom is 0.410 e. The second-order valence-electron chi connectivity index (χ2n) is 5.32. The molecule has 1 amide bonds. The number of methoxy groups -OCH3 is 1. The van der Waals surface area contributed by atoms with Gasteiger partial charge in [0.05, 0.1) is 12.1 Å². The number of hydrogen-bond donors (Lipinski definition) is 0. The van der Waals surface area contributed by atoms with Crippen molar-refractivity contribution < 1.29 is 14.3 Å². The van der Waals surface area contributed by atoms with Crippen molar-refractivity contribution in [2.75, 3.05) is 13.7 Å². The van der Waals surface area contributed by atoms with E-state index in [0.717, 1.165) is 19.4 Å². The van der Waals surface area contributed by atoms with Crippen LogP contribution in [0.4, 0.5) is 4.79 Å². The van der Waals surface area contributed by atoms with Crippen LogP contribution in [0.15, 0.2) is 0 Å². The zero-order valence-corrected chi connectivity index (χ0v) is 10.9. The highest BCUT2D eigenvalue weighted by Gasteiger charge is 2.35. The molecule has 1 saturated heterocycles. The van der Waals surface area contributed by atoms with Crippen molar-refractivity contribution in [2.24, 2.45) is 0 Å². The van der Waals surface area contributed by atoms with Crippen LogP contribution in [0.25, 0.3) is 0 Å². The molecular formula is C12H23NO3. The lowest BCUT2D eigenvalue weighted by molar-refractivity contribution is -0.000589. The Labute approximate surface area is 97.9 Å². The van der Waals surface area contributed by atoms with E-state index in [-0.39, 0.29) is 18.2 Å². The summed E-state index contributed by atoms with van der Waals surface area (Å²) in [5.41, 5.74) is -0.430. The second kappa shape index (κ2) is 5.04. The van der Waals surface area contributed by atoms with Crippen molar-refractivity contribution >= 4 is 6.09 Å². The molecule has 2 unspecified atom stereocenters. The molecule has 16 heavy (non-hydrogen) atoms. The molecule has 1 rings (SSSR count). The summed E-state index contributed by atoms with van der Waals surface area (Å²) in [6.45, 7) is 8.42. The minimum Gasteiger partial charge on any atom is -0.444 e. The third-order valence-electron chi connectivity index (χ3n) is 2.84. The highest BCUT2D eigenvalue weighted by atomic mass is 16.6. The van der Waals surface area contributed by atoms with E-state index in [1.807, 2.05) is 27.7 Å². The topological polar surface area (TPSA) is 38.8 Å². The van der Waals surface area contributed by atoms with Gasteiger partial charge in [-0.15, -0.1) is 0 Å². The molecule has 0 aromatic rings. The third kappa shape index (κ3) is 3.37. The Kier molecular flexibility index (Phi) is 4.19. The van der Waals surface area contributed by atoms with E-state index < -0.39 is 5.60 Å². The minimum atomic E-state index is -0.430. The Balaban J connectivity index is 2.61. The number of rotatable bonds is 2. The quantitative estimate of drug-likeness (QED) is 0.730. The van der Waals surface area contributed by atoms with Crippen LogP contribution in [0.3, 0.4) is 0 Å². The van der Waals surface area contributed by atoms with Gasteiger partial charge in [-0.3, -0.25) is 0 Å². The van der Waals surface area contributed by atoms with Gasteiger partial charge in [0.1, 0.15) is 5.60 Å². The van der Waals surface area contributed by atoms with Crippen LogP contribution >= 0.6 is 0 Å². The number of hydrogen-bond acceptors (Lipinski definition) is 3. The largest absolute Gasteiger partial charge is 0.444 e. The summed E-state index contributed by atoms with van der Waals surface area (Å²) in [5.74, 6) is 0. The van der Waals surface area contributed by atoms with Gasteiger partial charge in [0.15, 0.2) is 0 Å². The van der Waals surface area contributed by atoms with E-state index in [9.17, 15) is 4.79 Å². The van der Waals surface area contributed by atoms with Crippen molar-refractivity contribution in [3.8, 4) is 0 Å². The third-order valence-corrected chi connectivity index (χ3v) is 2.84. The molecule has 0 radical (unpaired) electrons. The first-order valence-corrected chi connectivity index (χ1v) is 5.87. The van der Waals surface area contributed by atoms with Gasteiger partial charge < -0.3 is 14.4 Å². The zero-order valence-electron chi connectivity index (χ0n) is 10.9. The summed E-state index contributed by atoms with van der Waals surface area (Å²) >= 11 is 0. The van der Waals surface area contributed by atoms with Crippen LogP contribution in [-0.4, -0.2) is 42.4 Å². The SMILES string of the molecule is COC(C)C1CCCN1C(=O)OC(C)(C)C. The van der Waals surface area contributed by atoms with E-state index >= 15 is 0 Å². The maximum atomic E-state index is 11.9. The fourth-order valence-corrected chi connectivity index (χ4v) is 1.98. The normalized spacial score (nSPS) is 23.3. The highest BCUT2D eigenvalue weighted by Crippen LogP contribution is 2.23. The zero-order chi connectivity index (χ0) is 12.3. The molecule has 0 aromatic carbocycles. The summed E-state index contributed by atoms with van der Waals surface area (Å²) < 4.78 is 10.7. The lowest BCUT2D eigenvalue weighted by atomic mass is 10.1. The molecule has 0 bridgehead atoms. The average Bonchev–Trinajstić information content (AvgIpc) is 2.62. The Morgan fingerprint density at radius 3 is 2.56 bits per heavy atom. The van der Waals surface area contributed by atoms with Crippen molar-refractivity contribution in [1.29, 1.82) is 0 Å². The van der Waals surface area contributed by atoms with E-state index in [1.165, 1.54) is 0 Å². The van der Waals surface area contributed by atoms with E-state index in [0.29, 0.717) is 0 Å². The monoisotopic (exact) mass is 229 g/mol. The number of likely N-dealkylation sites (tertiary alicyclic amines) is 1. The summed E-state index contributed by atoms with van der Waals surface area (Å²) in [6, 6.07) is 0.153. The summed E-state index contributed by atoms with van der Waals surface area (Å²) in [6.07, 6.45) is 1.86. The first kappa shape index (κ1) is 13.3. The molecular weight excluding hydrogens is 206 g/mol. The molecule has 4 nitrogen and oxygen atoms in total. The second-order valence-corrected chi connectivity index (χ2v) is 5.32. The fourth-order valence-electron chi connectivity index (χ4n) is 1.98. The van der Waals surface area contributed by atoms with Gasteiger partial charge >= 0.3 is 6.09 Å². The lowest BCUT2D eigenvalue weighted by Crippen LogP contribution is -2.44. The molecule has 0 aliphatic carbocycles. The van der Waals surface area contributed by atoms with Crippen LogP contribution in [-0.2, 0) is 9.47 Å². The summed E-state index contributed by atoms with van der Waals surface area (Å²) in [4.78, 5) is 13.7. The van der Waals surface area contributed by atoms with Gasteiger partial charge in [-0.25, -0.2) is 4.79 Å². The Bertz CT molecular complexity index is 247. The number of nitrogens with zero attached hydrogens (tertiary/aromatic N) is 1. The molecule has 1 aliphatic heterocycles. The van der Waals surface area contributed by atoms with Crippen molar-refractivity contribution in [1.82, 2.24) is 4.90 Å². The Hall–Kier alpha value is -0.770. The van der Waals surface area contributed by atoms with Crippen LogP contribution in [0.5, 0.6) is 0 Å². The fraction of sp³-hybridized carbons (Fsp3) is 0.917. The smallest absolute Gasteiger partial charge is 0.410 e. The molecule has 0 saturated carbocycles. The first-order valence-electron chi connectivity index (χ1n) is 5.87. The Morgan fingerprint density at radius 2 is 2.06 bits per heavy atom. The Morgan fingerprint density at radius 1 is 1.44 bits per heavy atom. The van der Waals surface area contributed by atoms with Gasteiger partial charge in [0.2, 0.25) is 0 Å². The number of carbonyl (C=O) groups is 1. The first-order chi connectivity index (χ1) is 7.35. The predicted octanol–water partition coefficient (Wildman–Crippen LogP) is 2.42. The minimum absolute atomic E-state index is 0.0648. The molecule has 1 heterocycles. The summed E-state index contributed by atoms with van der Waals surface area (Å²) in [7, 11) is 1.68. The van der Waals surface area contributed by atoms with Crippen LogP contribution in [0, 0.1) is 0 Å². The number of ether oxygens (including phenoxy) is 2. The maximum absolute atomic E-state index is 11.9. The van der Waals surface area contributed by atoms with Gasteiger partial charge in [0, 0.05) is 13.7 Å². The van der Waals surface area contributed by atoms with Gasteiger partial charge in [-0.2, -0.15) is 0 Å². The van der Waals surface area contributed by atoms with Crippen LogP contribution < -0.4 is 0 Å². The number of amides is 1. The average molecular weight is 229 g/mol. The number of carbonyl (C=O) groups excluding carboxylic acids is 1. The van der Waals surface area contributed by atoms with Crippen LogP contribution in [0.1, 0.15) is 40.5 Å².